The summed E-state index contributed by atoms with van der Waals surface area (Å²) in [4.78, 5) is 13.5. The Bertz CT molecular complexity index is 644. The molecular weight excluding hydrogens is 295 g/mol. The maximum absolute atomic E-state index is 13.0. The summed E-state index contributed by atoms with van der Waals surface area (Å²) in [5, 5.41) is 6.85. The molecule has 2 rings (SSSR count). The summed E-state index contributed by atoms with van der Waals surface area (Å²) in [6, 6.07) is 4.14. The number of aryl methyl sites for hydroxylation is 1. The predicted molar refractivity (Wildman–Crippen MR) is 78.3 cm³/mol. The van der Waals surface area contributed by atoms with Crippen LogP contribution in [0, 0.1) is 5.82 Å². The van der Waals surface area contributed by atoms with E-state index in [1.165, 1.54) is 12.1 Å². The number of hydrogen-bond donors (Lipinski definition) is 1. The lowest BCUT2D eigenvalue weighted by atomic mass is 10.2. The Kier molecular flexibility index (Phi) is 4.80. The van der Waals surface area contributed by atoms with Gasteiger partial charge in [-0.25, -0.2) is 9.18 Å². The number of urea groups is 1. The Morgan fingerprint density at radius 3 is 2.86 bits per heavy atom. The van der Waals surface area contributed by atoms with Crippen molar-refractivity contribution >= 4 is 17.6 Å². The second-order valence-electron chi connectivity index (χ2n) is 4.79. The molecule has 1 aromatic carbocycles. The Morgan fingerprint density at radius 2 is 2.24 bits per heavy atom. The molecule has 112 valence electrons. The third-order valence-electron chi connectivity index (χ3n) is 2.95. The van der Waals surface area contributed by atoms with E-state index in [9.17, 15) is 9.18 Å². The average molecular weight is 311 g/mol. The van der Waals surface area contributed by atoms with Gasteiger partial charge in [0.2, 0.25) is 0 Å². The smallest absolute Gasteiger partial charge is 0.317 e. The molecule has 21 heavy (non-hydrogen) atoms. The van der Waals surface area contributed by atoms with Crippen LogP contribution in [0.5, 0.6) is 0 Å². The van der Waals surface area contributed by atoms with Gasteiger partial charge in [-0.1, -0.05) is 17.7 Å². The number of carbonyl (C=O) groups excluding carboxylic acids is 1. The van der Waals surface area contributed by atoms with Crippen LogP contribution in [0.3, 0.4) is 0 Å². The number of aromatic nitrogens is 2. The van der Waals surface area contributed by atoms with Crippen LogP contribution in [0.25, 0.3) is 0 Å². The van der Waals surface area contributed by atoms with Gasteiger partial charge in [0.05, 0.1) is 17.8 Å². The van der Waals surface area contributed by atoms with Crippen molar-refractivity contribution < 1.29 is 9.18 Å². The summed E-state index contributed by atoms with van der Waals surface area (Å²) in [5.41, 5.74) is 1.68. The maximum Gasteiger partial charge on any atom is 0.317 e. The highest BCUT2D eigenvalue weighted by Crippen LogP contribution is 2.15. The third-order valence-corrected chi connectivity index (χ3v) is 3.24. The molecule has 0 saturated heterocycles. The molecule has 0 unspecified atom stereocenters. The van der Waals surface area contributed by atoms with E-state index in [0.29, 0.717) is 6.54 Å². The van der Waals surface area contributed by atoms with Crippen molar-refractivity contribution in [2.45, 2.75) is 13.1 Å². The number of carbonyl (C=O) groups is 1. The SMILES string of the molecule is CN(Cc1cnn(C)c1)C(=O)NCc1ccc(F)c(Cl)c1. The van der Waals surface area contributed by atoms with Crippen molar-refractivity contribution in [2.24, 2.45) is 7.05 Å². The van der Waals surface area contributed by atoms with Gasteiger partial charge in [0.15, 0.2) is 0 Å². The maximum atomic E-state index is 13.0. The fraction of sp³-hybridized carbons (Fsp3) is 0.286. The third kappa shape index (κ3) is 4.19. The van der Waals surface area contributed by atoms with Crippen molar-refractivity contribution in [2.75, 3.05) is 7.05 Å². The molecule has 0 aliphatic carbocycles. The van der Waals surface area contributed by atoms with Crippen molar-refractivity contribution in [3.63, 3.8) is 0 Å². The number of benzene rings is 1. The molecule has 0 aliphatic rings. The van der Waals surface area contributed by atoms with Crippen molar-refractivity contribution in [3.05, 3.63) is 52.6 Å². The lowest BCUT2D eigenvalue weighted by molar-refractivity contribution is 0.206. The summed E-state index contributed by atoms with van der Waals surface area (Å²) >= 11 is 5.69. The molecule has 0 fully saturated rings. The zero-order chi connectivity index (χ0) is 15.4. The van der Waals surface area contributed by atoms with Crippen LogP contribution in [0.2, 0.25) is 5.02 Å². The molecule has 0 atom stereocenters. The predicted octanol–water partition coefficient (Wildman–Crippen LogP) is 2.55. The second-order valence-corrected chi connectivity index (χ2v) is 5.19. The first-order chi connectivity index (χ1) is 9.95. The Balaban J connectivity index is 1.87. The number of halogens is 2. The summed E-state index contributed by atoms with van der Waals surface area (Å²) in [5.74, 6) is -0.472. The van der Waals surface area contributed by atoms with Crippen LogP contribution in [0.4, 0.5) is 9.18 Å². The minimum atomic E-state index is -0.472. The number of hydrogen-bond acceptors (Lipinski definition) is 2. The topological polar surface area (TPSA) is 50.2 Å². The molecule has 0 bridgehead atoms. The summed E-state index contributed by atoms with van der Waals surface area (Å²) in [6.45, 7) is 0.750. The first-order valence-corrected chi connectivity index (χ1v) is 6.74. The van der Waals surface area contributed by atoms with Crippen LogP contribution < -0.4 is 5.32 Å². The average Bonchev–Trinajstić information content (AvgIpc) is 2.85. The Labute approximate surface area is 127 Å². The van der Waals surface area contributed by atoms with E-state index in [0.717, 1.165) is 11.1 Å². The van der Waals surface area contributed by atoms with Gasteiger partial charge in [0.1, 0.15) is 5.82 Å². The van der Waals surface area contributed by atoms with E-state index >= 15 is 0 Å². The number of amides is 2. The quantitative estimate of drug-likeness (QED) is 0.943. The molecule has 0 saturated carbocycles. The van der Waals surface area contributed by atoms with E-state index in [2.05, 4.69) is 10.4 Å². The van der Waals surface area contributed by atoms with Gasteiger partial charge in [-0.2, -0.15) is 5.10 Å². The molecule has 1 aromatic heterocycles. The molecule has 5 nitrogen and oxygen atoms in total. The highest BCUT2D eigenvalue weighted by molar-refractivity contribution is 6.30. The minimum absolute atomic E-state index is 0.0467. The van der Waals surface area contributed by atoms with Gasteiger partial charge in [-0.05, 0) is 17.7 Å². The fourth-order valence-electron chi connectivity index (χ4n) is 1.86. The van der Waals surface area contributed by atoms with Gasteiger partial charge in [-0.3, -0.25) is 4.68 Å². The molecule has 0 spiro atoms. The minimum Gasteiger partial charge on any atom is -0.334 e. The number of nitrogens with zero attached hydrogens (tertiary/aromatic N) is 3. The molecule has 0 aliphatic heterocycles. The van der Waals surface area contributed by atoms with Crippen molar-refractivity contribution in [1.82, 2.24) is 20.0 Å². The molecule has 2 aromatic rings. The van der Waals surface area contributed by atoms with E-state index in [1.54, 1.807) is 28.9 Å². The number of rotatable bonds is 4. The summed E-state index contributed by atoms with van der Waals surface area (Å²) in [7, 11) is 3.52. The molecule has 0 radical (unpaired) electrons. The van der Waals surface area contributed by atoms with Gasteiger partial charge in [-0.15, -0.1) is 0 Å². The molecular formula is C14H16ClFN4O. The van der Waals surface area contributed by atoms with Crippen LogP contribution in [0.1, 0.15) is 11.1 Å². The normalized spacial score (nSPS) is 10.5. The van der Waals surface area contributed by atoms with Crippen LogP contribution in [-0.2, 0) is 20.1 Å². The fourth-order valence-corrected chi connectivity index (χ4v) is 2.06. The van der Waals surface area contributed by atoms with Gasteiger partial charge in [0.25, 0.3) is 0 Å². The Morgan fingerprint density at radius 1 is 1.48 bits per heavy atom. The van der Waals surface area contributed by atoms with Crippen molar-refractivity contribution in [1.29, 1.82) is 0 Å². The van der Waals surface area contributed by atoms with E-state index in [-0.39, 0.29) is 17.6 Å². The van der Waals surface area contributed by atoms with Crippen LogP contribution in [-0.4, -0.2) is 27.8 Å². The first kappa shape index (κ1) is 15.3. The van der Waals surface area contributed by atoms with Crippen LogP contribution in [0.15, 0.2) is 30.6 Å². The summed E-state index contributed by atoms with van der Waals surface area (Å²) in [6.07, 6.45) is 3.56. The standard InChI is InChI=1S/C14H16ClFN4O/c1-19(8-11-7-18-20(2)9-11)14(21)17-6-10-3-4-13(16)12(15)5-10/h3-5,7,9H,6,8H2,1-2H3,(H,17,21). The first-order valence-electron chi connectivity index (χ1n) is 6.36. The van der Waals surface area contributed by atoms with Crippen molar-refractivity contribution in [3.8, 4) is 0 Å². The number of nitrogens with one attached hydrogen (secondary N) is 1. The van der Waals surface area contributed by atoms with Gasteiger partial charge < -0.3 is 10.2 Å². The Hall–Kier alpha value is -2.08. The molecule has 2 amide bonds. The monoisotopic (exact) mass is 310 g/mol. The largest absolute Gasteiger partial charge is 0.334 e. The van der Waals surface area contributed by atoms with E-state index in [4.69, 9.17) is 11.6 Å². The lowest BCUT2D eigenvalue weighted by Gasteiger charge is -2.17. The lowest BCUT2D eigenvalue weighted by Crippen LogP contribution is -2.36. The van der Waals surface area contributed by atoms with E-state index < -0.39 is 5.82 Å². The molecule has 1 N–H and O–H groups in total. The second kappa shape index (κ2) is 6.58. The van der Waals surface area contributed by atoms with Gasteiger partial charge >= 0.3 is 6.03 Å². The molecule has 7 heteroatoms. The summed E-state index contributed by atoms with van der Waals surface area (Å²) < 4.78 is 14.7. The highest BCUT2D eigenvalue weighted by atomic mass is 35.5. The van der Waals surface area contributed by atoms with Crippen LogP contribution >= 0.6 is 11.6 Å². The van der Waals surface area contributed by atoms with E-state index in [1.807, 2.05) is 13.2 Å². The highest BCUT2D eigenvalue weighted by Gasteiger charge is 2.10. The van der Waals surface area contributed by atoms with Gasteiger partial charge in [0, 0.05) is 32.4 Å². The zero-order valence-corrected chi connectivity index (χ0v) is 12.6. The zero-order valence-electron chi connectivity index (χ0n) is 11.8. The molecule has 1 heterocycles.